The van der Waals surface area contributed by atoms with Gasteiger partial charge in [-0.15, -0.1) is 0 Å². The summed E-state index contributed by atoms with van der Waals surface area (Å²) in [6.07, 6.45) is 0. The Bertz CT molecular complexity index is 1180. The van der Waals surface area contributed by atoms with Crippen LogP contribution in [0.5, 0.6) is 5.75 Å². The third-order valence-corrected chi connectivity index (χ3v) is 5.03. The molecule has 0 amide bonds. The van der Waals surface area contributed by atoms with Crippen LogP contribution in [-0.2, 0) is 0 Å². The average molecular weight is 404 g/mol. The Morgan fingerprint density at radius 2 is 1.83 bits per heavy atom. The standard InChI is InChI=1S/C21H13FN4O2S/c22-14-6-4-12(5-7-14)18(28)11-29-21-17(10-24)19(16(9-23)20(25)26-21)13-2-1-3-15(27)8-13/h1-8,27H,11H2,(H2,25,26). The molecule has 0 radical (unpaired) electrons. The Labute approximate surface area is 170 Å². The molecule has 0 spiro atoms. The third kappa shape index (κ3) is 4.18. The summed E-state index contributed by atoms with van der Waals surface area (Å²) in [5.74, 6) is -0.897. The molecule has 6 nitrogen and oxygen atoms in total. The number of aromatic hydroxyl groups is 1. The highest BCUT2D eigenvalue weighted by Crippen LogP contribution is 2.36. The van der Waals surface area contributed by atoms with Gasteiger partial charge < -0.3 is 10.8 Å². The molecule has 0 aliphatic heterocycles. The first kappa shape index (κ1) is 19.9. The number of nitrogens with zero attached hydrogens (tertiary/aromatic N) is 3. The molecule has 142 valence electrons. The number of pyridine rings is 1. The number of aromatic nitrogens is 1. The lowest BCUT2D eigenvalue weighted by Gasteiger charge is -2.13. The first-order valence-electron chi connectivity index (χ1n) is 8.29. The van der Waals surface area contributed by atoms with Crippen LogP contribution in [0.15, 0.2) is 53.6 Å². The molecule has 0 unspecified atom stereocenters. The monoisotopic (exact) mass is 404 g/mol. The quantitative estimate of drug-likeness (QED) is 0.488. The fourth-order valence-corrected chi connectivity index (χ4v) is 3.60. The lowest BCUT2D eigenvalue weighted by molar-refractivity contribution is 0.102. The summed E-state index contributed by atoms with van der Waals surface area (Å²) < 4.78 is 13.0. The minimum absolute atomic E-state index is 0.0151. The van der Waals surface area contributed by atoms with Gasteiger partial charge in [0.2, 0.25) is 0 Å². The van der Waals surface area contributed by atoms with Gasteiger partial charge in [0.1, 0.15) is 40.1 Å². The van der Waals surface area contributed by atoms with Gasteiger partial charge in [-0.25, -0.2) is 9.37 Å². The molecule has 0 bridgehead atoms. The van der Waals surface area contributed by atoms with Gasteiger partial charge in [-0.2, -0.15) is 10.5 Å². The second kappa shape index (κ2) is 8.42. The predicted octanol–water partition coefficient (Wildman–Crippen LogP) is 3.89. The number of anilines is 1. The summed E-state index contributed by atoms with van der Waals surface area (Å²) in [4.78, 5) is 16.5. The van der Waals surface area contributed by atoms with Crippen molar-refractivity contribution in [3.63, 3.8) is 0 Å². The van der Waals surface area contributed by atoms with Crippen molar-refractivity contribution in [3.8, 4) is 29.0 Å². The smallest absolute Gasteiger partial charge is 0.173 e. The minimum atomic E-state index is -0.446. The molecule has 8 heteroatoms. The molecule has 3 rings (SSSR count). The number of nitrogens with two attached hydrogens (primary N) is 1. The Hall–Kier alpha value is -3.88. The highest BCUT2D eigenvalue weighted by atomic mass is 32.2. The molecule has 3 aromatic rings. The van der Waals surface area contributed by atoms with Crippen molar-refractivity contribution < 1.29 is 14.3 Å². The van der Waals surface area contributed by atoms with Crippen LogP contribution in [0.25, 0.3) is 11.1 Å². The second-order valence-electron chi connectivity index (χ2n) is 5.92. The highest BCUT2D eigenvalue weighted by molar-refractivity contribution is 8.00. The van der Waals surface area contributed by atoms with Crippen molar-refractivity contribution in [2.75, 3.05) is 11.5 Å². The van der Waals surface area contributed by atoms with Crippen molar-refractivity contribution in [1.29, 1.82) is 10.5 Å². The number of phenolic OH excluding ortho intramolecular Hbond substituents is 1. The number of thioether (sulfide) groups is 1. The second-order valence-corrected chi connectivity index (χ2v) is 6.88. The van der Waals surface area contributed by atoms with E-state index in [2.05, 4.69) is 4.98 Å². The number of nitriles is 2. The van der Waals surface area contributed by atoms with Gasteiger partial charge in [-0.1, -0.05) is 23.9 Å². The van der Waals surface area contributed by atoms with Gasteiger partial charge in [-0.05, 0) is 42.0 Å². The fraction of sp³-hybridized carbons (Fsp3) is 0.0476. The van der Waals surface area contributed by atoms with Gasteiger partial charge in [-0.3, -0.25) is 4.79 Å². The molecule has 2 aromatic carbocycles. The Kier molecular flexibility index (Phi) is 5.77. The maximum absolute atomic E-state index is 13.0. The highest BCUT2D eigenvalue weighted by Gasteiger charge is 2.21. The summed E-state index contributed by atoms with van der Waals surface area (Å²) >= 11 is 0.996. The van der Waals surface area contributed by atoms with E-state index in [9.17, 15) is 24.8 Å². The minimum Gasteiger partial charge on any atom is -0.508 e. The van der Waals surface area contributed by atoms with Crippen LogP contribution in [0.2, 0.25) is 0 Å². The number of benzene rings is 2. The summed E-state index contributed by atoms with van der Waals surface area (Å²) in [7, 11) is 0. The molecule has 0 aliphatic rings. The van der Waals surface area contributed by atoms with Crippen molar-refractivity contribution in [2.45, 2.75) is 5.03 Å². The number of ketones is 1. The fourth-order valence-electron chi connectivity index (χ4n) is 2.71. The number of carbonyl (C=O) groups is 1. The van der Waals surface area contributed by atoms with Crippen molar-refractivity contribution in [1.82, 2.24) is 4.98 Å². The number of carbonyl (C=O) groups excluding carboxylic acids is 1. The number of phenols is 1. The molecule has 1 heterocycles. The zero-order chi connectivity index (χ0) is 21.0. The number of Topliss-reactive ketones (excluding diaryl/α,β-unsaturated/α-hetero) is 1. The van der Waals surface area contributed by atoms with Crippen LogP contribution in [0, 0.1) is 28.5 Å². The number of hydrogen-bond donors (Lipinski definition) is 2. The zero-order valence-electron chi connectivity index (χ0n) is 14.9. The van der Waals surface area contributed by atoms with Gasteiger partial charge >= 0.3 is 0 Å². The molecule has 0 atom stereocenters. The molecule has 1 aromatic heterocycles. The Balaban J connectivity index is 2.02. The molecule has 0 aliphatic carbocycles. The summed E-state index contributed by atoms with van der Waals surface area (Å²) in [6.45, 7) is 0. The van der Waals surface area contributed by atoms with Crippen LogP contribution in [-0.4, -0.2) is 21.6 Å². The molecular weight excluding hydrogens is 391 g/mol. The maximum atomic E-state index is 13.0. The van der Waals surface area contributed by atoms with E-state index in [1.165, 1.54) is 36.4 Å². The lowest BCUT2D eigenvalue weighted by atomic mass is 9.97. The number of hydrogen-bond acceptors (Lipinski definition) is 7. The summed E-state index contributed by atoms with van der Waals surface area (Å²) in [5, 5.41) is 29.2. The first-order chi connectivity index (χ1) is 13.9. The van der Waals surface area contributed by atoms with E-state index in [0.717, 1.165) is 11.8 Å². The van der Waals surface area contributed by atoms with E-state index in [-0.39, 0.29) is 44.8 Å². The van der Waals surface area contributed by atoms with Gasteiger partial charge in [0.25, 0.3) is 0 Å². The van der Waals surface area contributed by atoms with Crippen LogP contribution >= 0.6 is 11.8 Å². The largest absolute Gasteiger partial charge is 0.508 e. The number of nitrogen functional groups attached to an aromatic ring is 1. The zero-order valence-corrected chi connectivity index (χ0v) is 15.7. The van der Waals surface area contributed by atoms with Crippen molar-refractivity contribution in [3.05, 3.63) is 71.0 Å². The number of halogens is 1. The Morgan fingerprint density at radius 1 is 1.14 bits per heavy atom. The van der Waals surface area contributed by atoms with Crippen LogP contribution in [0.4, 0.5) is 10.2 Å². The SMILES string of the molecule is N#Cc1c(N)nc(SCC(=O)c2ccc(F)cc2)c(C#N)c1-c1cccc(O)c1. The molecule has 0 saturated heterocycles. The maximum Gasteiger partial charge on any atom is 0.173 e. The van der Waals surface area contributed by atoms with Gasteiger partial charge in [0, 0.05) is 11.1 Å². The van der Waals surface area contributed by atoms with E-state index < -0.39 is 5.82 Å². The summed E-state index contributed by atoms with van der Waals surface area (Å²) in [5.41, 5.74) is 7.02. The van der Waals surface area contributed by atoms with E-state index in [1.807, 2.05) is 12.1 Å². The normalized spacial score (nSPS) is 10.2. The van der Waals surface area contributed by atoms with Crippen LogP contribution < -0.4 is 5.73 Å². The molecular formula is C21H13FN4O2S. The van der Waals surface area contributed by atoms with Gasteiger partial charge in [0.15, 0.2) is 5.78 Å². The average Bonchev–Trinajstić information content (AvgIpc) is 2.71. The third-order valence-electron chi connectivity index (χ3n) is 4.06. The Morgan fingerprint density at radius 3 is 2.45 bits per heavy atom. The molecule has 0 saturated carbocycles. The van der Waals surface area contributed by atoms with E-state index >= 15 is 0 Å². The van der Waals surface area contributed by atoms with E-state index in [0.29, 0.717) is 11.1 Å². The van der Waals surface area contributed by atoms with E-state index in [1.54, 1.807) is 12.1 Å². The van der Waals surface area contributed by atoms with Crippen molar-refractivity contribution >= 4 is 23.4 Å². The van der Waals surface area contributed by atoms with E-state index in [4.69, 9.17) is 5.73 Å². The lowest BCUT2D eigenvalue weighted by Crippen LogP contribution is -2.06. The number of rotatable bonds is 5. The molecule has 3 N–H and O–H groups in total. The van der Waals surface area contributed by atoms with Gasteiger partial charge in [0.05, 0.1) is 11.3 Å². The molecule has 29 heavy (non-hydrogen) atoms. The first-order valence-corrected chi connectivity index (χ1v) is 9.27. The molecule has 0 fully saturated rings. The predicted molar refractivity (Wildman–Crippen MR) is 107 cm³/mol. The summed E-state index contributed by atoms with van der Waals surface area (Å²) in [6, 6.07) is 15.2. The topological polar surface area (TPSA) is 124 Å². The van der Waals surface area contributed by atoms with Crippen LogP contribution in [0.1, 0.15) is 21.5 Å². The van der Waals surface area contributed by atoms with Crippen molar-refractivity contribution in [2.24, 2.45) is 0 Å². The van der Waals surface area contributed by atoms with Crippen LogP contribution in [0.3, 0.4) is 0 Å².